The van der Waals surface area contributed by atoms with E-state index >= 15 is 0 Å². The largest absolute Gasteiger partial charge is 0.414 e. The molecule has 36 heavy (non-hydrogen) atoms. The maximum Gasteiger partial charge on any atom is 0.270 e. The van der Waals surface area contributed by atoms with Crippen molar-refractivity contribution >= 4 is 39.3 Å². The van der Waals surface area contributed by atoms with Gasteiger partial charge in [-0.1, -0.05) is 12.1 Å². The number of aliphatic imine (C=N–C) groups is 2. The highest BCUT2D eigenvalue weighted by molar-refractivity contribution is 7.92. The summed E-state index contributed by atoms with van der Waals surface area (Å²) >= 11 is 1.32. The highest BCUT2D eigenvalue weighted by Crippen LogP contribution is 2.29. The van der Waals surface area contributed by atoms with E-state index in [1.807, 2.05) is 0 Å². The van der Waals surface area contributed by atoms with Crippen molar-refractivity contribution in [2.75, 3.05) is 6.54 Å². The van der Waals surface area contributed by atoms with Crippen LogP contribution in [0.2, 0.25) is 0 Å². The number of rotatable bonds is 11. The second-order valence-electron chi connectivity index (χ2n) is 7.91. The van der Waals surface area contributed by atoms with Crippen molar-refractivity contribution in [2.24, 2.45) is 15.7 Å². The van der Waals surface area contributed by atoms with Crippen molar-refractivity contribution in [1.29, 1.82) is 0 Å². The lowest BCUT2D eigenvalue weighted by atomic mass is 10.1. The zero-order valence-electron chi connectivity index (χ0n) is 19.9. The van der Waals surface area contributed by atoms with Crippen LogP contribution in [-0.4, -0.2) is 49.3 Å². The lowest BCUT2D eigenvalue weighted by Crippen LogP contribution is -2.19. The topological polar surface area (TPSA) is 136 Å². The first kappa shape index (κ1) is 27.3. The van der Waals surface area contributed by atoms with Gasteiger partial charge in [0.1, 0.15) is 0 Å². The zero-order valence-corrected chi connectivity index (χ0v) is 21.5. The first-order valence-corrected chi connectivity index (χ1v) is 13.2. The number of nitrogens with zero attached hydrogens (tertiary/aromatic N) is 4. The Labute approximate surface area is 211 Å². The summed E-state index contributed by atoms with van der Waals surface area (Å²) in [6, 6.07) is 9.88. The molecule has 0 spiro atoms. The molecule has 0 saturated heterocycles. The molecule has 2 aromatic heterocycles. The quantitative estimate of drug-likeness (QED) is 0.352. The van der Waals surface area contributed by atoms with Crippen molar-refractivity contribution in [3.8, 4) is 10.8 Å². The number of hydrogen-bond donors (Lipinski definition) is 2. The van der Waals surface area contributed by atoms with Crippen LogP contribution in [0, 0.1) is 0 Å². The summed E-state index contributed by atoms with van der Waals surface area (Å²) in [5.74, 6) is 0.186. The fraction of sp³-hybridized carbons (Fsp3) is 0.304. The molecule has 0 atom stereocenters. The van der Waals surface area contributed by atoms with Gasteiger partial charge in [0, 0.05) is 17.1 Å². The van der Waals surface area contributed by atoms with E-state index in [1.54, 1.807) is 45.0 Å². The van der Waals surface area contributed by atoms with E-state index in [0.717, 1.165) is 4.88 Å². The molecular formula is C23H26F2N6O3S2. The highest BCUT2D eigenvalue weighted by atomic mass is 32.2. The van der Waals surface area contributed by atoms with Gasteiger partial charge < -0.3 is 15.5 Å². The Kier molecular flexibility index (Phi) is 8.82. The molecule has 0 aliphatic carbocycles. The number of sulfone groups is 1. The minimum absolute atomic E-state index is 0.0130. The predicted octanol–water partition coefficient (Wildman–Crippen LogP) is 4.13. The Morgan fingerprint density at radius 3 is 2.50 bits per heavy atom. The van der Waals surface area contributed by atoms with Crippen molar-refractivity contribution in [3.63, 3.8) is 0 Å². The Bertz CT molecular complexity index is 1380. The number of halogens is 2. The van der Waals surface area contributed by atoms with E-state index in [4.69, 9.17) is 10.2 Å². The standard InChI is InChI=1S/C23H26F2N6O3S2/c1-13(2)36(32,33)17-8-5-15(6-9-17)14(3)29-20(21(26)27-4)23-31-30-22(34-23)18-10-7-16(35-18)11-28-12-19(24)25/h5-10,13,19,28H,4,11-12,26H2,1-3H3/b21-20-,29-14+. The van der Waals surface area contributed by atoms with Crippen LogP contribution >= 0.6 is 11.3 Å². The fourth-order valence-corrected chi connectivity index (χ4v) is 4.95. The molecule has 13 heteroatoms. The molecule has 9 nitrogen and oxygen atoms in total. The van der Waals surface area contributed by atoms with Gasteiger partial charge in [0.25, 0.3) is 18.2 Å². The lowest BCUT2D eigenvalue weighted by Gasteiger charge is -2.09. The molecule has 0 aliphatic heterocycles. The first-order valence-electron chi connectivity index (χ1n) is 10.8. The van der Waals surface area contributed by atoms with E-state index in [2.05, 4.69) is 32.2 Å². The van der Waals surface area contributed by atoms with Crippen molar-refractivity contribution in [2.45, 2.75) is 43.9 Å². The van der Waals surface area contributed by atoms with Gasteiger partial charge in [-0.3, -0.25) is 0 Å². The van der Waals surface area contributed by atoms with E-state index < -0.39 is 28.1 Å². The van der Waals surface area contributed by atoms with Crippen LogP contribution in [0.25, 0.3) is 16.5 Å². The molecule has 3 rings (SSSR count). The maximum absolute atomic E-state index is 12.4. The van der Waals surface area contributed by atoms with Gasteiger partial charge in [-0.2, -0.15) is 0 Å². The number of hydrogen-bond acceptors (Lipinski definition) is 10. The summed E-state index contributed by atoms with van der Waals surface area (Å²) in [7, 11) is -3.40. The fourth-order valence-electron chi connectivity index (χ4n) is 2.99. The SMILES string of the molecule is C=N/C(N)=C(\N=C(/C)c1ccc(S(=O)(=O)C(C)C)cc1)c1nnc(-c2ccc(CNCC(F)F)s2)o1. The third-order valence-corrected chi connectivity index (χ3v) is 8.26. The Morgan fingerprint density at radius 1 is 1.19 bits per heavy atom. The Balaban J connectivity index is 1.85. The number of nitrogens with two attached hydrogens (primary N) is 1. The van der Waals surface area contributed by atoms with Crippen LogP contribution in [0.1, 0.15) is 37.1 Å². The normalized spacial score (nSPS) is 13.4. The number of nitrogens with one attached hydrogen (secondary N) is 1. The highest BCUT2D eigenvalue weighted by Gasteiger charge is 2.20. The van der Waals surface area contributed by atoms with E-state index in [9.17, 15) is 17.2 Å². The number of benzene rings is 1. The maximum atomic E-state index is 12.4. The zero-order chi connectivity index (χ0) is 26.5. The number of thiophene rings is 1. The second kappa shape index (κ2) is 11.6. The minimum Gasteiger partial charge on any atom is -0.414 e. The molecule has 1 aromatic carbocycles. The molecule has 192 valence electrons. The third-order valence-electron chi connectivity index (χ3n) is 5.01. The predicted molar refractivity (Wildman–Crippen MR) is 137 cm³/mol. The van der Waals surface area contributed by atoms with E-state index in [1.165, 1.54) is 23.5 Å². The van der Waals surface area contributed by atoms with Crippen molar-refractivity contribution in [1.82, 2.24) is 15.5 Å². The molecule has 3 aromatic rings. The third kappa shape index (κ3) is 6.47. The average Bonchev–Trinajstić information content (AvgIpc) is 3.51. The first-order chi connectivity index (χ1) is 17.0. The van der Waals surface area contributed by atoms with Crippen LogP contribution in [0.4, 0.5) is 8.78 Å². The van der Waals surface area contributed by atoms with Crippen LogP contribution in [0.5, 0.6) is 0 Å². The summed E-state index contributed by atoms with van der Waals surface area (Å²) in [5.41, 5.74) is 7.26. The van der Waals surface area contributed by atoms with Crippen LogP contribution in [0.15, 0.2) is 61.5 Å². The van der Waals surface area contributed by atoms with Gasteiger partial charge >= 0.3 is 0 Å². The molecule has 2 heterocycles. The minimum atomic E-state index is -3.40. The van der Waals surface area contributed by atoms with Crippen LogP contribution < -0.4 is 11.1 Å². The summed E-state index contributed by atoms with van der Waals surface area (Å²) in [6.07, 6.45) is -2.42. The molecular weight excluding hydrogens is 510 g/mol. The molecule has 3 N–H and O–H groups in total. The molecule has 0 saturated carbocycles. The summed E-state index contributed by atoms with van der Waals surface area (Å²) in [6.45, 7) is 8.29. The van der Waals surface area contributed by atoms with Crippen molar-refractivity contribution in [3.05, 3.63) is 58.6 Å². The van der Waals surface area contributed by atoms with Gasteiger partial charge in [0.15, 0.2) is 21.4 Å². The van der Waals surface area contributed by atoms with Gasteiger partial charge in [-0.15, -0.1) is 21.5 Å². The Hall–Kier alpha value is -3.29. The molecule has 0 radical (unpaired) electrons. The van der Waals surface area contributed by atoms with E-state index in [0.29, 0.717) is 16.2 Å². The summed E-state index contributed by atoms with van der Waals surface area (Å²) < 4.78 is 55.2. The van der Waals surface area contributed by atoms with Gasteiger partial charge in [0.2, 0.25) is 0 Å². The average molecular weight is 537 g/mol. The molecule has 0 bridgehead atoms. The summed E-state index contributed by atoms with van der Waals surface area (Å²) in [4.78, 5) is 9.93. The van der Waals surface area contributed by atoms with Gasteiger partial charge in [-0.25, -0.2) is 27.2 Å². The monoisotopic (exact) mass is 536 g/mol. The molecule has 0 fully saturated rings. The Morgan fingerprint density at radius 2 is 1.89 bits per heavy atom. The van der Waals surface area contributed by atoms with Crippen LogP contribution in [-0.2, 0) is 16.4 Å². The molecule has 0 unspecified atom stereocenters. The van der Waals surface area contributed by atoms with Gasteiger partial charge in [0.05, 0.1) is 21.6 Å². The van der Waals surface area contributed by atoms with Gasteiger partial charge in [-0.05, 0) is 57.3 Å². The lowest BCUT2D eigenvalue weighted by molar-refractivity contribution is 0.145. The molecule has 0 amide bonds. The van der Waals surface area contributed by atoms with E-state index in [-0.39, 0.29) is 34.7 Å². The smallest absolute Gasteiger partial charge is 0.270 e. The number of alkyl halides is 2. The second-order valence-corrected chi connectivity index (χ2v) is 11.6. The molecule has 0 aliphatic rings. The number of aromatic nitrogens is 2. The summed E-state index contributed by atoms with van der Waals surface area (Å²) in [5, 5.41) is 10.2. The van der Waals surface area contributed by atoms with Crippen molar-refractivity contribution < 1.29 is 21.6 Å². The van der Waals surface area contributed by atoms with Crippen LogP contribution in [0.3, 0.4) is 0 Å².